The van der Waals surface area contributed by atoms with Gasteiger partial charge in [0.25, 0.3) is 0 Å². The number of esters is 3. The molecular weight excluding hydrogens is 1360 g/mol. The van der Waals surface area contributed by atoms with E-state index in [1.165, 1.54) is 83.5 Å². The summed E-state index contributed by atoms with van der Waals surface area (Å²) in [7, 11) is -9.82. The number of unbranched alkanes of at least 4 members (excludes halogenated alkanes) is 24. The van der Waals surface area contributed by atoms with E-state index in [9.17, 15) is 43.5 Å². The molecular formula is C87H144O16P2. The van der Waals surface area contributed by atoms with Gasteiger partial charge in [-0.3, -0.25) is 32.5 Å². The maximum atomic E-state index is 13.0. The molecule has 0 bridgehead atoms. The molecule has 598 valence electrons. The van der Waals surface area contributed by atoms with Crippen molar-refractivity contribution in [3.8, 4) is 0 Å². The summed E-state index contributed by atoms with van der Waals surface area (Å²) in [5.41, 5.74) is 0. The molecule has 0 radical (unpaired) electrons. The van der Waals surface area contributed by atoms with Crippen LogP contribution in [0.2, 0.25) is 0 Å². The minimum absolute atomic E-state index is 0.0640. The van der Waals surface area contributed by atoms with Crippen LogP contribution in [-0.2, 0) is 55.8 Å². The zero-order chi connectivity index (χ0) is 76.6. The van der Waals surface area contributed by atoms with Gasteiger partial charge in [-0.1, -0.05) is 300 Å². The molecule has 0 aliphatic carbocycles. The van der Waals surface area contributed by atoms with Crippen LogP contribution in [0, 0.1) is 0 Å². The molecule has 0 aromatic heterocycles. The minimum Gasteiger partial charge on any atom is -0.463 e. The van der Waals surface area contributed by atoms with Crippen LogP contribution >= 0.6 is 15.6 Å². The minimum atomic E-state index is -4.95. The number of aliphatic hydroxyl groups is 2. The Bertz CT molecular complexity index is 2590. The fourth-order valence-electron chi connectivity index (χ4n) is 10.3. The number of rotatable bonds is 75. The molecule has 0 saturated carbocycles. The van der Waals surface area contributed by atoms with Crippen LogP contribution in [0.25, 0.3) is 0 Å². The molecule has 16 nitrogen and oxygen atoms in total. The summed E-state index contributed by atoms with van der Waals surface area (Å²) in [6.07, 6.45) is 99.7. The Kier molecular flexibility index (Phi) is 74.7. The van der Waals surface area contributed by atoms with Crippen LogP contribution in [0.5, 0.6) is 0 Å². The summed E-state index contributed by atoms with van der Waals surface area (Å²) in [6, 6.07) is 0. The van der Waals surface area contributed by atoms with Crippen molar-refractivity contribution < 1.29 is 75.8 Å². The second-order valence-corrected chi connectivity index (χ2v) is 29.4. The molecule has 0 saturated heterocycles. The molecule has 18 heteroatoms. The van der Waals surface area contributed by atoms with Gasteiger partial charge in [-0.25, -0.2) is 9.13 Å². The predicted octanol–water partition coefficient (Wildman–Crippen LogP) is 24.0. The molecule has 0 amide bonds. The van der Waals surface area contributed by atoms with Gasteiger partial charge in [-0.05, 0) is 154 Å². The maximum Gasteiger partial charge on any atom is 0.472 e. The number of hydrogen-bond acceptors (Lipinski definition) is 14. The summed E-state index contributed by atoms with van der Waals surface area (Å²) in [5, 5.41) is 20.7. The normalized spacial score (nSPS) is 14.8. The molecule has 5 atom stereocenters. The van der Waals surface area contributed by atoms with Gasteiger partial charge in [-0.2, -0.15) is 0 Å². The Balaban J connectivity index is 4.62. The van der Waals surface area contributed by atoms with Gasteiger partial charge in [0, 0.05) is 19.3 Å². The number of phosphoric acid groups is 2. The SMILES string of the molecule is CC/C=C\C/C=C\C/C=C\C/C=C\C/C=C\C/C=C\CCCCCCC(=O)OCC(COP(=O)(O)OCC(O)COP(=O)(O)OCC(O)COC(=O)CCCCCCCCCCCCCCC/C=C\C/C=C\C/C=C\C/C=C\CCCCC)OC(=O)CCCCCC/C=C\C/C=C\C/C=C\C/C=C\CC. The third kappa shape index (κ3) is 79.8. The van der Waals surface area contributed by atoms with Crippen molar-refractivity contribution in [3.05, 3.63) is 170 Å². The number of phosphoric ester groups is 2. The third-order valence-electron chi connectivity index (χ3n) is 16.4. The Morgan fingerprint density at radius 3 is 0.800 bits per heavy atom. The summed E-state index contributed by atoms with van der Waals surface area (Å²) in [4.78, 5) is 58.7. The van der Waals surface area contributed by atoms with Crippen LogP contribution in [0.4, 0.5) is 0 Å². The van der Waals surface area contributed by atoms with Gasteiger partial charge in [-0.15, -0.1) is 0 Å². The Morgan fingerprint density at radius 2 is 0.505 bits per heavy atom. The number of carbonyl (C=O) groups excluding carboxylic acids is 3. The van der Waals surface area contributed by atoms with Crippen molar-refractivity contribution in [3.63, 3.8) is 0 Å². The van der Waals surface area contributed by atoms with Crippen molar-refractivity contribution in [2.24, 2.45) is 0 Å². The topological polar surface area (TPSA) is 231 Å². The number of aliphatic hydroxyl groups excluding tert-OH is 2. The zero-order valence-corrected chi connectivity index (χ0v) is 67.1. The van der Waals surface area contributed by atoms with Crippen LogP contribution in [0.3, 0.4) is 0 Å². The quantitative estimate of drug-likeness (QED) is 0.0146. The first-order chi connectivity index (χ1) is 51.2. The highest BCUT2D eigenvalue weighted by molar-refractivity contribution is 7.47. The number of allylic oxidation sites excluding steroid dienone is 28. The smallest absolute Gasteiger partial charge is 0.463 e. The first-order valence-corrected chi connectivity index (χ1v) is 43.4. The Hall–Kier alpha value is -5.09. The number of carbonyl (C=O) groups is 3. The van der Waals surface area contributed by atoms with Gasteiger partial charge in [0.05, 0.1) is 26.4 Å². The van der Waals surface area contributed by atoms with Gasteiger partial charge in [0.1, 0.15) is 25.4 Å². The molecule has 105 heavy (non-hydrogen) atoms. The molecule has 4 N–H and O–H groups in total. The fourth-order valence-corrected chi connectivity index (χ4v) is 11.9. The molecule has 0 aromatic carbocycles. The molecule has 0 aromatic rings. The van der Waals surface area contributed by atoms with E-state index in [0.717, 1.165) is 161 Å². The lowest BCUT2D eigenvalue weighted by Gasteiger charge is -2.21. The van der Waals surface area contributed by atoms with Crippen LogP contribution in [0.1, 0.15) is 303 Å². The van der Waals surface area contributed by atoms with E-state index in [4.69, 9.17) is 32.3 Å². The second kappa shape index (κ2) is 78.5. The van der Waals surface area contributed by atoms with E-state index in [0.29, 0.717) is 19.3 Å². The van der Waals surface area contributed by atoms with Gasteiger partial charge in [0.2, 0.25) is 0 Å². The summed E-state index contributed by atoms with van der Waals surface area (Å²) in [6.45, 7) is 2.36. The lowest BCUT2D eigenvalue weighted by molar-refractivity contribution is -0.161. The monoisotopic (exact) mass is 1510 g/mol. The van der Waals surface area contributed by atoms with Gasteiger partial charge < -0.3 is 34.2 Å². The predicted molar refractivity (Wildman–Crippen MR) is 435 cm³/mol. The van der Waals surface area contributed by atoms with Gasteiger partial charge in [0.15, 0.2) is 6.10 Å². The van der Waals surface area contributed by atoms with E-state index in [1.807, 2.05) is 0 Å². The Labute approximate surface area is 637 Å². The third-order valence-corrected chi connectivity index (χ3v) is 18.3. The highest BCUT2D eigenvalue weighted by Crippen LogP contribution is 2.45. The lowest BCUT2D eigenvalue weighted by atomic mass is 10.0. The van der Waals surface area contributed by atoms with E-state index in [-0.39, 0.29) is 19.3 Å². The van der Waals surface area contributed by atoms with Crippen molar-refractivity contribution in [1.82, 2.24) is 0 Å². The van der Waals surface area contributed by atoms with E-state index in [2.05, 4.69) is 191 Å². The average Bonchev–Trinajstić information content (AvgIpc) is 0.913. The molecule has 0 aliphatic rings. The van der Waals surface area contributed by atoms with E-state index >= 15 is 0 Å². The molecule has 0 rings (SSSR count). The summed E-state index contributed by atoms with van der Waals surface area (Å²) >= 11 is 0. The summed E-state index contributed by atoms with van der Waals surface area (Å²) < 4.78 is 61.2. The van der Waals surface area contributed by atoms with Gasteiger partial charge >= 0.3 is 33.6 Å². The first-order valence-electron chi connectivity index (χ1n) is 40.4. The second-order valence-electron chi connectivity index (χ2n) is 26.5. The highest BCUT2D eigenvalue weighted by atomic mass is 31.2. The van der Waals surface area contributed by atoms with Crippen molar-refractivity contribution in [1.29, 1.82) is 0 Å². The van der Waals surface area contributed by atoms with E-state index < -0.39 is 91.5 Å². The fraction of sp³-hybridized carbons (Fsp3) is 0.644. The molecule has 0 aliphatic heterocycles. The Morgan fingerprint density at radius 1 is 0.276 bits per heavy atom. The largest absolute Gasteiger partial charge is 0.472 e. The van der Waals surface area contributed by atoms with Crippen molar-refractivity contribution in [2.45, 2.75) is 322 Å². The first kappa shape index (κ1) is 99.9. The highest BCUT2D eigenvalue weighted by Gasteiger charge is 2.29. The standard InChI is InChI=1S/C87H144O16P2/c1-4-7-10-13-16-19-22-25-28-31-33-35-37-38-39-40-41-42-44-46-47-50-52-55-58-61-64-67-70-73-85(90)97-76-82(88)77-99-104(93,94)100-78-83(89)79-101-105(95,96)102-81-84(103-87(92)75-72-69-66-63-60-57-54-49-30-27-24-21-18-15-12-9-6-3)80-98-86(91)74-71-68-65-62-59-56-53-51-48-45-43-36-34-32-29-26-23-20-17-14-11-8-5-2/h8-9,11-12,16-21,25-30,33-36,38-39,45,48,53-54,56-57,82-84,88-89H,4-7,10,13-15,22-24,31-32,37,40-44,46-47,49-52,55,58-81H2,1-3H3,(H,93,94)(H,95,96)/b11-8-,12-9-,19-16-,20-17-,21-18-,28-25-,29-26-,30-27-,35-33-,36-34-,39-38-,48-45-,56-53-,57-54-. The summed E-state index contributed by atoms with van der Waals surface area (Å²) in [5.74, 6) is -1.64. The molecule has 0 heterocycles. The number of ether oxygens (including phenoxy) is 3. The van der Waals surface area contributed by atoms with E-state index in [1.54, 1.807) is 0 Å². The number of hydrogen-bond donors (Lipinski definition) is 4. The lowest BCUT2D eigenvalue weighted by Crippen LogP contribution is -2.30. The average molecular weight is 1510 g/mol. The maximum absolute atomic E-state index is 13.0. The molecule has 5 unspecified atom stereocenters. The van der Waals surface area contributed by atoms with Crippen LogP contribution < -0.4 is 0 Å². The molecule has 0 fully saturated rings. The zero-order valence-electron chi connectivity index (χ0n) is 65.3. The molecule has 0 spiro atoms. The van der Waals surface area contributed by atoms with Crippen molar-refractivity contribution in [2.75, 3.05) is 39.6 Å². The van der Waals surface area contributed by atoms with Crippen LogP contribution in [-0.4, -0.2) is 95.9 Å². The van der Waals surface area contributed by atoms with Crippen LogP contribution in [0.15, 0.2) is 170 Å². The van der Waals surface area contributed by atoms with Crippen molar-refractivity contribution >= 4 is 33.6 Å².